The molecule has 1 heterocycles. The Morgan fingerprint density at radius 2 is 2.44 bits per heavy atom. The summed E-state index contributed by atoms with van der Waals surface area (Å²) < 4.78 is 4.69. The maximum Gasteiger partial charge on any atom is 0.333 e. The summed E-state index contributed by atoms with van der Waals surface area (Å²) >= 11 is 2.04. The lowest BCUT2D eigenvalue weighted by molar-refractivity contribution is -0.136. The average Bonchev–Trinajstić information content (AvgIpc) is 2.81. The summed E-state index contributed by atoms with van der Waals surface area (Å²) in [6.07, 6.45) is 5.33. The summed E-state index contributed by atoms with van der Waals surface area (Å²) in [4.78, 5) is 11.3. The number of esters is 1. The molecule has 1 fully saturated rings. The number of hydrogen-bond donors (Lipinski definition) is 1. The second kappa shape index (κ2) is 7.74. The van der Waals surface area contributed by atoms with Gasteiger partial charge in [-0.25, -0.2) is 4.79 Å². The Kier molecular flexibility index (Phi) is 6.57. The fourth-order valence-electron chi connectivity index (χ4n) is 1.75. The van der Waals surface area contributed by atoms with Gasteiger partial charge in [0, 0.05) is 23.9 Å². The van der Waals surface area contributed by atoms with Crippen molar-refractivity contribution in [1.29, 1.82) is 0 Å². The van der Waals surface area contributed by atoms with Crippen molar-refractivity contribution in [3.63, 3.8) is 0 Å². The number of ether oxygens (including phenoxy) is 1. The van der Waals surface area contributed by atoms with Gasteiger partial charge in [-0.3, -0.25) is 0 Å². The largest absolute Gasteiger partial charge is 0.466 e. The molecule has 0 aromatic heterocycles. The molecule has 1 aliphatic heterocycles. The number of rotatable bonds is 6. The first kappa shape index (κ1) is 13.6. The summed E-state index contributed by atoms with van der Waals surface area (Å²) in [7, 11) is 1.43. The minimum absolute atomic E-state index is 0.209. The highest BCUT2D eigenvalue weighted by atomic mass is 32.2. The summed E-state index contributed by atoms with van der Waals surface area (Å²) in [5, 5.41) is 4.13. The van der Waals surface area contributed by atoms with Crippen molar-refractivity contribution in [3.8, 4) is 0 Å². The van der Waals surface area contributed by atoms with Crippen LogP contribution in [0.3, 0.4) is 0 Å². The first-order valence-corrected chi connectivity index (χ1v) is 6.92. The van der Waals surface area contributed by atoms with Crippen LogP contribution in [0.25, 0.3) is 0 Å². The Balaban J connectivity index is 2.20. The molecule has 0 aromatic carbocycles. The monoisotopic (exact) mass is 243 g/mol. The molecule has 1 N–H and O–H groups in total. The average molecular weight is 243 g/mol. The minimum Gasteiger partial charge on any atom is -0.466 e. The number of methoxy groups -OCH3 is 1. The van der Waals surface area contributed by atoms with Gasteiger partial charge in [0.1, 0.15) is 0 Å². The van der Waals surface area contributed by atoms with Crippen LogP contribution in [-0.4, -0.2) is 37.2 Å². The molecular formula is C12H21NO2S. The molecule has 0 amide bonds. The van der Waals surface area contributed by atoms with E-state index in [4.69, 9.17) is 4.74 Å². The van der Waals surface area contributed by atoms with Crippen molar-refractivity contribution in [3.05, 3.63) is 11.6 Å². The molecule has 0 aromatic rings. The third-order valence-electron chi connectivity index (χ3n) is 2.72. The predicted molar refractivity (Wildman–Crippen MR) is 68.7 cm³/mol. The third kappa shape index (κ3) is 4.58. The topological polar surface area (TPSA) is 38.3 Å². The normalized spacial score (nSPS) is 21.1. The number of carbonyl (C=O) groups is 1. The number of nitrogens with one attached hydrogen (secondary N) is 1. The summed E-state index contributed by atoms with van der Waals surface area (Å²) in [5.41, 5.74) is 0.758. The molecule has 0 aliphatic carbocycles. The van der Waals surface area contributed by atoms with Gasteiger partial charge < -0.3 is 10.1 Å². The standard InChI is InChI=1S/C12H21NO2S/c1-3-10(12(14)15-2)6-7-13-9-11-5-4-8-16-11/h6,11,13H,3-5,7-9H2,1-2H3. The Labute approximate surface area is 102 Å². The van der Waals surface area contributed by atoms with Gasteiger partial charge in [-0.2, -0.15) is 11.8 Å². The molecule has 1 aliphatic rings. The Hall–Kier alpha value is -0.480. The summed E-state index contributed by atoms with van der Waals surface area (Å²) in [6, 6.07) is 0. The SMILES string of the molecule is CCC(=CCNCC1CCCS1)C(=O)OC. The molecule has 0 spiro atoms. The van der Waals surface area contributed by atoms with Gasteiger partial charge in [0.05, 0.1) is 7.11 Å². The lowest BCUT2D eigenvalue weighted by atomic mass is 10.2. The number of thioether (sulfide) groups is 1. The molecule has 16 heavy (non-hydrogen) atoms. The van der Waals surface area contributed by atoms with E-state index in [1.54, 1.807) is 0 Å². The van der Waals surface area contributed by atoms with Crippen LogP contribution in [0.4, 0.5) is 0 Å². The van der Waals surface area contributed by atoms with Crippen LogP contribution in [-0.2, 0) is 9.53 Å². The van der Waals surface area contributed by atoms with Crippen molar-refractivity contribution in [1.82, 2.24) is 5.32 Å². The second-order valence-corrected chi connectivity index (χ2v) is 5.28. The van der Waals surface area contributed by atoms with Crippen molar-refractivity contribution >= 4 is 17.7 Å². The van der Waals surface area contributed by atoms with Crippen LogP contribution < -0.4 is 5.32 Å². The predicted octanol–water partition coefficient (Wildman–Crippen LogP) is 1.98. The van der Waals surface area contributed by atoms with Crippen LogP contribution in [0, 0.1) is 0 Å². The third-order valence-corrected chi connectivity index (χ3v) is 4.12. The highest BCUT2D eigenvalue weighted by Crippen LogP contribution is 2.25. The lowest BCUT2D eigenvalue weighted by Gasteiger charge is -2.08. The van der Waals surface area contributed by atoms with Crippen LogP contribution in [0.5, 0.6) is 0 Å². The molecule has 92 valence electrons. The Morgan fingerprint density at radius 3 is 3.00 bits per heavy atom. The second-order valence-electron chi connectivity index (χ2n) is 3.87. The van der Waals surface area contributed by atoms with E-state index < -0.39 is 0 Å². The maximum absolute atomic E-state index is 11.3. The molecule has 0 bridgehead atoms. The first-order valence-electron chi connectivity index (χ1n) is 5.87. The molecule has 1 saturated heterocycles. The molecule has 1 rings (SSSR count). The van der Waals surface area contributed by atoms with E-state index in [0.717, 1.165) is 30.3 Å². The first-order chi connectivity index (χ1) is 7.77. The van der Waals surface area contributed by atoms with E-state index in [0.29, 0.717) is 0 Å². The van der Waals surface area contributed by atoms with Crippen LogP contribution in [0.2, 0.25) is 0 Å². The van der Waals surface area contributed by atoms with Crippen LogP contribution in [0.15, 0.2) is 11.6 Å². The van der Waals surface area contributed by atoms with Gasteiger partial charge >= 0.3 is 5.97 Å². The molecular weight excluding hydrogens is 222 g/mol. The minimum atomic E-state index is -0.209. The highest BCUT2D eigenvalue weighted by molar-refractivity contribution is 8.00. The Morgan fingerprint density at radius 1 is 1.62 bits per heavy atom. The van der Waals surface area contributed by atoms with E-state index in [9.17, 15) is 4.79 Å². The molecule has 4 heteroatoms. The van der Waals surface area contributed by atoms with Gasteiger partial charge in [0.15, 0.2) is 0 Å². The highest BCUT2D eigenvalue weighted by Gasteiger charge is 2.14. The number of hydrogen-bond acceptors (Lipinski definition) is 4. The maximum atomic E-state index is 11.3. The van der Waals surface area contributed by atoms with Crippen LogP contribution >= 0.6 is 11.8 Å². The van der Waals surface area contributed by atoms with Crippen molar-refractivity contribution in [2.24, 2.45) is 0 Å². The number of carbonyl (C=O) groups excluding carboxylic acids is 1. The van der Waals surface area contributed by atoms with Gasteiger partial charge in [0.25, 0.3) is 0 Å². The van der Waals surface area contributed by atoms with Crippen molar-refractivity contribution < 1.29 is 9.53 Å². The van der Waals surface area contributed by atoms with E-state index in [1.165, 1.54) is 25.7 Å². The zero-order chi connectivity index (χ0) is 11.8. The molecule has 0 radical (unpaired) electrons. The zero-order valence-corrected chi connectivity index (χ0v) is 10.9. The quantitative estimate of drug-likeness (QED) is 0.440. The van der Waals surface area contributed by atoms with Crippen LogP contribution in [0.1, 0.15) is 26.2 Å². The van der Waals surface area contributed by atoms with E-state index in [-0.39, 0.29) is 5.97 Å². The van der Waals surface area contributed by atoms with E-state index in [1.807, 2.05) is 24.8 Å². The molecule has 1 unspecified atom stereocenters. The van der Waals surface area contributed by atoms with Gasteiger partial charge in [-0.05, 0) is 25.0 Å². The summed E-state index contributed by atoms with van der Waals surface area (Å²) in [5.74, 6) is 1.09. The van der Waals surface area contributed by atoms with Gasteiger partial charge in [-0.15, -0.1) is 0 Å². The van der Waals surface area contributed by atoms with Gasteiger partial charge in [-0.1, -0.05) is 13.0 Å². The fraction of sp³-hybridized carbons (Fsp3) is 0.750. The van der Waals surface area contributed by atoms with E-state index in [2.05, 4.69) is 5.32 Å². The lowest BCUT2D eigenvalue weighted by Crippen LogP contribution is -2.23. The van der Waals surface area contributed by atoms with Crippen molar-refractivity contribution in [2.45, 2.75) is 31.4 Å². The summed E-state index contributed by atoms with van der Waals surface area (Å²) in [6.45, 7) is 3.77. The van der Waals surface area contributed by atoms with Gasteiger partial charge in [0.2, 0.25) is 0 Å². The fourth-order valence-corrected chi connectivity index (χ4v) is 2.98. The molecule has 3 nitrogen and oxygen atoms in total. The molecule has 1 atom stereocenters. The smallest absolute Gasteiger partial charge is 0.333 e. The zero-order valence-electron chi connectivity index (χ0n) is 10.1. The van der Waals surface area contributed by atoms with E-state index >= 15 is 0 Å². The Bertz CT molecular complexity index is 247. The molecule has 0 saturated carbocycles. The van der Waals surface area contributed by atoms with Crippen molar-refractivity contribution in [2.75, 3.05) is 26.0 Å².